The van der Waals surface area contributed by atoms with Crippen molar-refractivity contribution >= 4 is 45.0 Å². The summed E-state index contributed by atoms with van der Waals surface area (Å²) in [5.41, 5.74) is 3.67. The molecular formula is C24H29ClN6OS. The fraction of sp³-hybridized carbons (Fsp3) is 0.458. The molecule has 5 heterocycles. The highest BCUT2D eigenvalue weighted by atomic mass is 35.5. The standard InChI is InChI=1S/C24H28N6OS.ClH/c1-27-9-8-18-21(14-27)32-23-22(18)24(31)29(15-26-23)13-12-28-10-6-17(7-11-28)30-16-25-19-4-2-3-5-20(19)30;/h2-5,15-17H,6-14H2,1H3;1H. The molecule has 2 aliphatic heterocycles. The quantitative estimate of drug-likeness (QED) is 0.443. The molecule has 0 aliphatic carbocycles. The molecule has 9 heteroatoms. The number of imidazole rings is 1. The van der Waals surface area contributed by atoms with E-state index in [0.29, 0.717) is 12.6 Å². The summed E-state index contributed by atoms with van der Waals surface area (Å²) in [7, 11) is 2.14. The highest BCUT2D eigenvalue weighted by Gasteiger charge is 2.24. The van der Waals surface area contributed by atoms with E-state index >= 15 is 0 Å². The van der Waals surface area contributed by atoms with Gasteiger partial charge in [0.05, 0.1) is 29.1 Å². The highest BCUT2D eigenvalue weighted by Crippen LogP contribution is 2.31. The minimum absolute atomic E-state index is 0. The monoisotopic (exact) mass is 484 g/mol. The molecule has 0 amide bonds. The lowest BCUT2D eigenvalue weighted by Gasteiger charge is -2.32. The summed E-state index contributed by atoms with van der Waals surface area (Å²) in [5.74, 6) is 0. The summed E-state index contributed by atoms with van der Waals surface area (Å²) < 4.78 is 4.16. The van der Waals surface area contributed by atoms with E-state index in [1.807, 2.05) is 17.0 Å². The van der Waals surface area contributed by atoms with Crippen molar-refractivity contribution in [3.05, 3.63) is 57.7 Å². The molecule has 1 aromatic carbocycles. The number of nitrogens with zero attached hydrogens (tertiary/aromatic N) is 6. The molecule has 174 valence electrons. The van der Waals surface area contributed by atoms with Crippen LogP contribution < -0.4 is 5.56 Å². The highest BCUT2D eigenvalue weighted by molar-refractivity contribution is 7.18. The predicted molar refractivity (Wildman–Crippen MR) is 136 cm³/mol. The Morgan fingerprint density at radius 1 is 1.06 bits per heavy atom. The van der Waals surface area contributed by atoms with E-state index in [2.05, 4.69) is 49.6 Å². The van der Waals surface area contributed by atoms with Crippen molar-refractivity contribution in [1.29, 1.82) is 0 Å². The minimum atomic E-state index is 0. The van der Waals surface area contributed by atoms with Crippen LogP contribution in [-0.2, 0) is 19.5 Å². The van der Waals surface area contributed by atoms with Crippen LogP contribution in [0.5, 0.6) is 0 Å². The number of fused-ring (bicyclic) bond motifs is 4. The van der Waals surface area contributed by atoms with Gasteiger partial charge in [-0.2, -0.15) is 0 Å². The first-order chi connectivity index (χ1) is 15.7. The molecule has 0 atom stereocenters. The van der Waals surface area contributed by atoms with Crippen LogP contribution in [0.2, 0.25) is 0 Å². The zero-order valence-electron chi connectivity index (χ0n) is 18.8. The molecule has 4 aromatic rings. The molecule has 1 saturated heterocycles. The van der Waals surface area contributed by atoms with E-state index in [9.17, 15) is 4.79 Å². The average molecular weight is 485 g/mol. The van der Waals surface area contributed by atoms with Crippen molar-refractivity contribution in [3.8, 4) is 0 Å². The van der Waals surface area contributed by atoms with Crippen LogP contribution in [0.15, 0.2) is 41.7 Å². The third kappa shape index (κ3) is 4.10. The summed E-state index contributed by atoms with van der Waals surface area (Å²) in [4.78, 5) is 29.4. The smallest absolute Gasteiger partial charge is 0.262 e. The number of piperidine rings is 1. The van der Waals surface area contributed by atoms with Crippen molar-refractivity contribution in [2.45, 2.75) is 38.4 Å². The Hall–Kier alpha value is -2.26. The summed E-state index contributed by atoms with van der Waals surface area (Å²) in [6.45, 7) is 5.61. The maximum absolute atomic E-state index is 13.2. The third-order valence-corrected chi connectivity index (χ3v) is 8.23. The van der Waals surface area contributed by atoms with Crippen LogP contribution in [-0.4, -0.2) is 62.1 Å². The van der Waals surface area contributed by atoms with Crippen molar-refractivity contribution in [1.82, 2.24) is 28.9 Å². The number of hydrogen-bond acceptors (Lipinski definition) is 6. The van der Waals surface area contributed by atoms with Crippen LogP contribution in [0, 0.1) is 0 Å². The topological polar surface area (TPSA) is 59.2 Å². The molecule has 33 heavy (non-hydrogen) atoms. The summed E-state index contributed by atoms with van der Waals surface area (Å²) >= 11 is 1.69. The molecule has 0 bridgehead atoms. The average Bonchev–Trinajstić information content (AvgIpc) is 3.40. The lowest BCUT2D eigenvalue weighted by Crippen LogP contribution is -2.37. The lowest BCUT2D eigenvalue weighted by molar-refractivity contribution is 0.182. The Kier molecular flexibility index (Phi) is 6.26. The number of thiophene rings is 1. The zero-order valence-corrected chi connectivity index (χ0v) is 20.4. The first kappa shape index (κ1) is 22.5. The van der Waals surface area contributed by atoms with Gasteiger partial charge in [-0.05, 0) is 44.0 Å². The number of rotatable bonds is 4. The number of halogens is 1. The fourth-order valence-electron chi connectivity index (χ4n) is 5.25. The Morgan fingerprint density at radius 3 is 2.73 bits per heavy atom. The van der Waals surface area contributed by atoms with E-state index in [4.69, 9.17) is 0 Å². The minimum Gasteiger partial charge on any atom is -0.327 e. The van der Waals surface area contributed by atoms with E-state index in [1.165, 1.54) is 16.0 Å². The Labute approximate surface area is 203 Å². The number of benzene rings is 1. The van der Waals surface area contributed by atoms with Gasteiger partial charge in [0.15, 0.2) is 0 Å². The molecule has 7 nitrogen and oxygen atoms in total. The largest absolute Gasteiger partial charge is 0.327 e. The molecule has 3 aromatic heterocycles. The Morgan fingerprint density at radius 2 is 1.88 bits per heavy atom. The number of likely N-dealkylation sites (tertiary alicyclic amines) is 1. The van der Waals surface area contributed by atoms with Gasteiger partial charge in [0.2, 0.25) is 0 Å². The summed E-state index contributed by atoms with van der Waals surface area (Å²) in [6.07, 6.45) is 6.91. The van der Waals surface area contributed by atoms with Crippen molar-refractivity contribution < 1.29 is 0 Å². The van der Waals surface area contributed by atoms with Crippen molar-refractivity contribution in [2.24, 2.45) is 0 Å². The van der Waals surface area contributed by atoms with Crippen molar-refractivity contribution in [2.75, 3.05) is 33.2 Å². The molecule has 0 unspecified atom stereocenters. The van der Waals surface area contributed by atoms with Crippen LogP contribution in [0.1, 0.15) is 29.3 Å². The normalized spacial score (nSPS) is 18.0. The van der Waals surface area contributed by atoms with Gasteiger partial charge in [0.25, 0.3) is 5.56 Å². The number of para-hydroxylation sites is 2. The van der Waals surface area contributed by atoms with Gasteiger partial charge < -0.3 is 14.4 Å². The van der Waals surface area contributed by atoms with E-state index < -0.39 is 0 Å². The second-order valence-corrected chi connectivity index (χ2v) is 10.2. The summed E-state index contributed by atoms with van der Waals surface area (Å²) in [6, 6.07) is 8.86. The molecule has 0 saturated carbocycles. The Bertz CT molecular complexity index is 1340. The maximum Gasteiger partial charge on any atom is 0.262 e. The predicted octanol–water partition coefficient (Wildman–Crippen LogP) is 3.55. The van der Waals surface area contributed by atoms with Crippen LogP contribution in [0.4, 0.5) is 0 Å². The molecule has 0 spiro atoms. The molecule has 2 aliphatic rings. The zero-order chi connectivity index (χ0) is 21.7. The summed E-state index contributed by atoms with van der Waals surface area (Å²) in [5, 5.41) is 0.867. The molecular weight excluding hydrogens is 456 g/mol. The van der Waals surface area contributed by atoms with Gasteiger partial charge in [-0.1, -0.05) is 12.1 Å². The molecule has 0 N–H and O–H groups in total. The van der Waals surface area contributed by atoms with Gasteiger partial charge in [-0.15, -0.1) is 23.7 Å². The number of aromatic nitrogens is 4. The lowest BCUT2D eigenvalue weighted by atomic mass is 10.0. The second-order valence-electron chi connectivity index (χ2n) is 9.13. The first-order valence-corrected chi connectivity index (χ1v) is 12.3. The van der Waals surface area contributed by atoms with Crippen LogP contribution in [0.3, 0.4) is 0 Å². The van der Waals surface area contributed by atoms with Gasteiger partial charge >= 0.3 is 0 Å². The number of likely N-dealkylation sites (N-methyl/N-ethyl adjacent to an activating group) is 1. The third-order valence-electron chi connectivity index (χ3n) is 7.11. The van der Waals surface area contributed by atoms with Crippen LogP contribution in [0.25, 0.3) is 21.3 Å². The SMILES string of the molecule is CN1CCc2c(sc3ncn(CCN4CCC(n5cnc6ccccc65)CC4)c(=O)c23)C1.Cl. The van der Waals surface area contributed by atoms with Gasteiger partial charge in [0, 0.05) is 50.2 Å². The van der Waals surface area contributed by atoms with E-state index in [0.717, 1.165) is 67.7 Å². The molecule has 0 radical (unpaired) electrons. The van der Waals surface area contributed by atoms with Crippen molar-refractivity contribution in [3.63, 3.8) is 0 Å². The molecule has 6 rings (SSSR count). The maximum atomic E-state index is 13.2. The van der Waals surface area contributed by atoms with E-state index in [1.54, 1.807) is 17.7 Å². The fourth-order valence-corrected chi connectivity index (χ4v) is 6.50. The Balaban J connectivity index is 0.00000228. The first-order valence-electron chi connectivity index (χ1n) is 11.5. The van der Waals surface area contributed by atoms with Gasteiger partial charge in [-0.25, -0.2) is 9.97 Å². The van der Waals surface area contributed by atoms with Gasteiger partial charge in [-0.3, -0.25) is 9.36 Å². The second kappa shape index (κ2) is 9.18. The van der Waals surface area contributed by atoms with Crippen LogP contribution >= 0.6 is 23.7 Å². The number of hydrogen-bond donors (Lipinski definition) is 0. The van der Waals surface area contributed by atoms with Gasteiger partial charge in [0.1, 0.15) is 4.83 Å². The molecule has 1 fully saturated rings. The van der Waals surface area contributed by atoms with E-state index in [-0.39, 0.29) is 18.0 Å².